The summed E-state index contributed by atoms with van der Waals surface area (Å²) < 4.78 is 4.77. The monoisotopic (exact) mass is 256 g/mol. The predicted molar refractivity (Wildman–Crippen MR) is 64.7 cm³/mol. The van der Waals surface area contributed by atoms with Gasteiger partial charge in [0.2, 0.25) is 5.89 Å². The third-order valence-electron chi connectivity index (χ3n) is 2.83. The molecule has 2 amide bonds. The first kappa shape index (κ1) is 14.4. The fourth-order valence-electron chi connectivity index (χ4n) is 1.10. The van der Waals surface area contributed by atoms with Crippen LogP contribution in [0.5, 0.6) is 0 Å². The van der Waals surface area contributed by atoms with Gasteiger partial charge in [-0.1, -0.05) is 19.0 Å². The Hall–Kier alpha value is -1.63. The van der Waals surface area contributed by atoms with Gasteiger partial charge in [-0.25, -0.2) is 4.79 Å². The van der Waals surface area contributed by atoms with Crippen molar-refractivity contribution < 1.29 is 14.4 Å². The molecule has 1 aromatic heterocycles. The summed E-state index contributed by atoms with van der Waals surface area (Å²) in [5.74, 6) is 0.922. The SMILES string of the molecule is Cc1nc(CNC(=O)NCC(C)(O)C(C)C)no1. The van der Waals surface area contributed by atoms with Crippen LogP contribution in [0.1, 0.15) is 32.5 Å². The quantitative estimate of drug-likeness (QED) is 0.715. The van der Waals surface area contributed by atoms with Crippen molar-refractivity contribution in [2.24, 2.45) is 5.92 Å². The molecular formula is C11H20N4O3. The van der Waals surface area contributed by atoms with Gasteiger partial charge in [-0.3, -0.25) is 0 Å². The Balaban J connectivity index is 2.30. The van der Waals surface area contributed by atoms with Crippen LogP contribution in [0.25, 0.3) is 0 Å². The van der Waals surface area contributed by atoms with E-state index in [4.69, 9.17) is 4.52 Å². The van der Waals surface area contributed by atoms with Crippen molar-refractivity contribution in [3.8, 4) is 0 Å². The van der Waals surface area contributed by atoms with Gasteiger partial charge in [-0.15, -0.1) is 0 Å². The molecule has 1 atom stereocenters. The third-order valence-corrected chi connectivity index (χ3v) is 2.83. The smallest absolute Gasteiger partial charge is 0.315 e. The Bertz CT molecular complexity index is 401. The minimum atomic E-state index is -0.930. The number of aromatic nitrogens is 2. The van der Waals surface area contributed by atoms with Gasteiger partial charge in [0.05, 0.1) is 12.1 Å². The van der Waals surface area contributed by atoms with Crippen LogP contribution in [0.3, 0.4) is 0 Å². The fourth-order valence-corrected chi connectivity index (χ4v) is 1.10. The number of hydrogen-bond donors (Lipinski definition) is 3. The van der Waals surface area contributed by atoms with Crippen LogP contribution in [0.2, 0.25) is 0 Å². The van der Waals surface area contributed by atoms with E-state index in [-0.39, 0.29) is 25.0 Å². The van der Waals surface area contributed by atoms with Gasteiger partial charge in [0, 0.05) is 13.5 Å². The normalized spacial score (nSPS) is 14.3. The van der Waals surface area contributed by atoms with Gasteiger partial charge in [0.1, 0.15) is 0 Å². The largest absolute Gasteiger partial charge is 0.388 e. The van der Waals surface area contributed by atoms with E-state index in [0.29, 0.717) is 11.7 Å². The lowest BCUT2D eigenvalue weighted by molar-refractivity contribution is 0.0166. The first-order chi connectivity index (χ1) is 8.31. The molecule has 0 radical (unpaired) electrons. The molecule has 0 saturated carbocycles. The van der Waals surface area contributed by atoms with Gasteiger partial charge < -0.3 is 20.3 Å². The second kappa shape index (κ2) is 5.81. The minimum Gasteiger partial charge on any atom is -0.388 e. The van der Waals surface area contributed by atoms with Crippen molar-refractivity contribution in [2.75, 3.05) is 6.54 Å². The van der Waals surface area contributed by atoms with Crippen LogP contribution in [-0.2, 0) is 6.54 Å². The molecule has 0 aliphatic carbocycles. The van der Waals surface area contributed by atoms with Gasteiger partial charge in [-0.2, -0.15) is 4.98 Å². The Labute approximate surface area is 106 Å². The molecule has 7 heteroatoms. The number of aryl methyl sites for hydroxylation is 1. The third kappa shape index (κ3) is 4.33. The summed E-state index contributed by atoms with van der Waals surface area (Å²) in [6.07, 6.45) is 0. The highest BCUT2D eigenvalue weighted by Crippen LogP contribution is 2.14. The number of hydrogen-bond acceptors (Lipinski definition) is 5. The number of nitrogens with zero attached hydrogens (tertiary/aromatic N) is 2. The summed E-state index contributed by atoms with van der Waals surface area (Å²) in [6.45, 7) is 7.51. The van der Waals surface area contributed by atoms with Gasteiger partial charge >= 0.3 is 6.03 Å². The van der Waals surface area contributed by atoms with E-state index in [1.54, 1.807) is 13.8 Å². The maximum absolute atomic E-state index is 11.5. The highest BCUT2D eigenvalue weighted by molar-refractivity contribution is 5.73. The summed E-state index contributed by atoms with van der Waals surface area (Å²) in [6, 6.07) is -0.377. The first-order valence-corrected chi connectivity index (χ1v) is 5.84. The van der Waals surface area contributed by atoms with Gasteiger partial charge in [-0.05, 0) is 12.8 Å². The molecule has 18 heavy (non-hydrogen) atoms. The summed E-state index contributed by atoms with van der Waals surface area (Å²) >= 11 is 0. The van der Waals surface area contributed by atoms with Crippen LogP contribution in [-0.4, -0.2) is 33.4 Å². The van der Waals surface area contributed by atoms with Crippen molar-refractivity contribution in [1.29, 1.82) is 0 Å². The molecule has 1 rings (SSSR count). The maximum Gasteiger partial charge on any atom is 0.315 e. The Morgan fingerprint density at radius 3 is 2.67 bits per heavy atom. The van der Waals surface area contributed by atoms with Gasteiger partial charge in [0.15, 0.2) is 5.82 Å². The summed E-state index contributed by atoms with van der Waals surface area (Å²) in [7, 11) is 0. The van der Waals surface area contributed by atoms with Crippen molar-refractivity contribution in [3.05, 3.63) is 11.7 Å². The van der Waals surface area contributed by atoms with E-state index in [9.17, 15) is 9.90 Å². The lowest BCUT2D eigenvalue weighted by Gasteiger charge is -2.27. The number of carbonyl (C=O) groups excluding carboxylic acids is 1. The lowest BCUT2D eigenvalue weighted by Crippen LogP contribution is -2.47. The van der Waals surface area contributed by atoms with E-state index < -0.39 is 5.60 Å². The highest BCUT2D eigenvalue weighted by atomic mass is 16.5. The van der Waals surface area contributed by atoms with Crippen LogP contribution in [0.4, 0.5) is 4.79 Å². The number of urea groups is 1. The van der Waals surface area contributed by atoms with E-state index in [1.807, 2.05) is 13.8 Å². The van der Waals surface area contributed by atoms with Crippen molar-refractivity contribution in [3.63, 3.8) is 0 Å². The van der Waals surface area contributed by atoms with Crippen molar-refractivity contribution in [1.82, 2.24) is 20.8 Å². The molecule has 0 saturated heterocycles. The summed E-state index contributed by atoms with van der Waals surface area (Å²) in [5, 5.41) is 18.8. The second-order valence-electron chi connectivity index (χ2n) is 4.78. The van der Waals surface area contributed by atoms with E-state index in [2.05, 4.69) is 20.8 Å². The number of rotatable bonds is 5. The predicted octanol–water partition coefficient (Wildman–Crippen LogP) is 0.584. The molecule has 3 N–H and O–H groups in total. The molecule has 0 bridgehead atoms. The molecule has 1 heterocycles. The van der Waals surface area contributed by atoms with Gasteiger partial charge in [0.25, 0.3) is 0 Å². The summed E-state index contributed by atoms with van der Waals surface area (Å²) in [5.41, 5.74) is -0.930. The van der Waals surface area contributed by atoms with Crippen molar-refractivity contribution >= 4 is 6.03 Å². The molecule has 0 aliphatic rings. The van der Waals surface area contributed by atoms with E-state index in [0.717, 1.165) is 0 Å². The Morgan fingerprint density at radius 2 is 2.17 bits per heavy atom. The molecule has 0 spiro atoms. The molecule has 7 nitrogen and oxygen atoms in total. The zero-order valence-corrected chi connectivity index (χ0v) is 11.1. The minimum absolute atomic E-state index is 0.0534. The molecule has 1 unspecified atom stereocenters. The second-order valence-corrected chi connectivity index (χ2v) is 4.78. The fraction of sp³-hybridized carbons (Fsp3) is 0.727. The van der Waals surface area contributed by atoms with Crippen LogP contribution < -0.4 is 10.6 Å². The van der Waals surface area contributed by atoms with Crippen LogP contribution >= 0.6 is 0 Å². The Kier molecular flexibility index (Phi) is 4.66. The maximum atomic E-state index is 11.5. The Morgan fingerprint density at radius 1 is 1.50 bits per heavy atom. The average molecular weight is 256 g/mol. The number of aliphatic hydroxyl groups is 1. The molecular weight excluding hydrogens is 236 g/mol. The molecule has 0 aliphatic heterocycles. The number of carbonyl (C=O) groups is 1. The number of nitrogens with one attached hydrogen (secondary N) is 2. The van der Waals surface area contributed by atoms with Crippen molar-refractivity contribution in [2.45, 2.75) is 39.8 Å². The summed E-state index contributed by atoms with van der Waals surface area (Å²) in [4.78, 5) is 15.4. The van der Waals surface area contributed by atoms with Crippen LogP contribution in [0.15, 0.2) is 4.52 Å². The molecule has 0 aromatic carbocycles. The van der Waals surface area contributed by atoms with E-state index >= 15 is 0 Å². The first-order valence-electron chi connectivity index (χ1n) is 5.84. The topological polar surface area (TPSA) is 100 Å². The standard InChI is InChI=1S/C11H20N4O3/c1-7(2)11(4,17)6-13-10(16)12-5-9-14-8(3)18-15-9/h7,17H,5-6H2,1-4H3,(H2,12,13,16). The molecule has 0 fully saturated rings. The highest BCUT2D eigenvalue weighted by Gasteiger charge is 2.25. The van der Waals surface area contributed by atoms with Crippen LogP contribution in [0, 0.1) is 12.8 Å². The lowest BCUT2D eigenvalue weighted by atomic mass is 9.93. The number of amides is 2. The molecule has 102 valence electrons. The average Bonchev–Trinajstić information content (AvgIpc) is 2.69. The van der Waals surface area contributed by atoms with E-state index in [1.165, 1.54) is 0 Å². The zero-order valence-electron chi connectivity index (χ0n) is 11.1. The molecule has 1 aromatic rings. The zero-order chi connectivity index (χ0) is 13.8.